The van der Waals surface area contributed by atoms with Gasteiger partial charge in [-0.2, -0.15) is 0 Å². The summed E-state index contributed by atoms with van der Waals surface area (Å²) in [5, 5.41) is 0. The maximum atomic E-state index is 12.6. The van der Waals surface area contributed by atoms with Crippen LogP contribution in [0.2, 0.25) is 0 Å². The Balaban J connectivity index is 2.45. The number of carbonyl (C=O) groups is 1. The molecule has 0 fully saturated rings. The maximum absolute atomic E-state index is 12.6. The summed E-state index contributed by atoms with van der Waals surface area (Å²) in [6.07, 6.45) is 14.4. The van der Waals surface area contributed by atoms with E-state index in [1.165, 1.54) is 70.6 Å². The van der Waals surface area contributed by atoms with Crippen LogP contribution in [0.5, 0.6) is 0 Å². The van der Waals surface area contributed by atoms with Crippen LogP contribution in [0.1, 0.15) is 109 Å². The van der Waals surface area contributed by atoms with Crippen molar-refractivity contribution in [3.8, 4) is 0 Å². The van der Waals surface area contributed by atoms with Gasteiger partial charge in [-0.1, -0.05) is 71.6 Å². The van der Waals surface area contributed by atoms with Crippen LogP contribution in [0.15, 0.2) is 24.3 Å². The van der Waals surface area contributed by atoms with Crippen molar-refractivity contribution in [2.45, 2.75) is 104 Å². The van der Waals surface area contributed by atoms with Crippen LogP contribution in [0.25, 0.3) is 0 Å². The predicted octanol–water partition coefficient (Wildman–Crippen LogP) is 6.71. The van der Waals surface area contributed by atoms with Crippen molar-refractivity contribution in [3.63, 3.8) is 0 Å². The van der Waals surface area contributed by atoms with Crippen LogP contribution in [0.4, 0.5) is 5.69 Å². The fourth-order valence-electron chi connectivity index (χ4n) is 4.04. The smallest absolute Gasteiger partial charge is 0.265 e. The van der Waals surface area contributed by atoms with E-state index in [1.54, 1.807) is 0 Å². The number of rotatable bonds is 16. The van der Waals surface area contributed by atoms with E-state index in [4.69, 9.17) is 0 Å². The third kappa shape index (κ3) is 9.97. The molecular formula is C26H47N3O. The van der Waals surface area contributed by atoms with E-state index in [2.05, 4.69) is 38.5 Å². The first-order valence-corrected chi connectivity index (χ1v) is 12.2. The lowest BCUT2D eigenvalue weighted by Gasteiger charge is -2.35. The van der Waals surface area contributed by atoms with Gasteiger partial charge in [0, 0.05) is 30.9 Å². The molecule has 0 aliphatic rings. The Hall–Kier alpha value is -1.55. The van der Waals surface area contributed by atoms with Gasteiger partial charge in [0.25, 0.3) is 5.91 Å². The molecule has 1 atom stereocenters. The number of carbonyl (C=O) groups excluding carboxylic acids is 1. The fourth-order valence-corrected chi connectivity index (χ4v) is 4.04. The Morgan fingerprint density at radius 1 is 0.867 bits per heavy atom. The summed E-state index contributed by atoms with van der Waals surface area (Å²) in [7, 11) is 4.00. The summed E-state index contributed by atoms with van der Waals surface area (Å²) in [5.41, 5.74) is 7.94. The second-order valence-corrected chi connectivity index (χ2v) is 9.49. The Labute approximate surface area is 186 Å². The second-order valence-electron chi connectivity index (χ2n) is 9.49. The molecule has 0 aliphatic heterocycles. The van der Waals surface area contributed by atoms with Crippen LogP contribution < -0.4 is 15.8 Å². The van der Waals surface area contributed by atoms with Crippen molar-refractivity contribution < 1.29 is 4.79 Å². The zero-order chi connectivity index (χ0) is 22.4. The molecule has 1 amide bonds. The van der Waals surface area contributed by atoms with Gasteiger partial charge in [-0.15, -0.1) is 0 Å². The summed E-state index contributed by atoms with van der Waals surface area (Å²) < 4.78 is 0. The molecule has 4 heteroatoms. The van der Waals surface area contributed by atoms with E-state index < -0.39 is 0 Å². The van der Waals surface area contributed by atoms with E-state index in [0.717, 1.165) is 5.69 Å². The highest BCUT2D eigenvalue weighted by Gasteiger charge is 2.28. The van der Waals surface area contributed by atoms with Gasteiger partial charge >= 0.3 is 0 Å². The van der Waals surface area contributed by atoms with Crippen LogP contribution in [-0.2, 0) is 0 Å². The van der Waals surface area contributed by atoms with Crippen molar-refractivity contribution in [2.24, 2.45) is 5.92 Å². The summed E-state index contributed by atoms with van der Waals surface area (Å²) in [5.74, 6) is 0.481. The molecule has 0 spiro atoms. The number of unbranched alkanes of at least 4 members (excludes halogenated alkanes) is 7. The maximum Gasteiger partial charge on any atom is 0.265 e. The van der Waals surface area contributed by atoms with E-state index in [-0.39, 0.29) is 11.4 Å². The molecule has 0 saturated carbocycles. The highest BCUT2D eigenvalue weighted by molar-refractivity contribution is 5.94. The van der Waals surface area contributed by atoms with Crippen LogP contribution in [0, 0.1) is 5.92 Å². The summed E-state index contributed by atoms with van der Waals surface area (Å²) in [6.45, 7) is 8.95. The number of amides is 1. The molecule has 1 aromatic carbocycles. The van der Waals surface area contributed by atoms with Crippen molar-refractivity contribution >= 4 is 11.6 Å². The lowest BCUT2D eigenvalue weighted by Crippen LogP contribution is -2.54. The minimum absolute atomic E-state index is 0.0734. The predicted molar refractivity (Wildman–Crippen MR) is 131 cm³/mol. The molecule has 4 nitrogen and oxygen atoms in total. The van der Waals surface area contributed by atoms with Crippen LogP contribution >= 0.6 is 0 Å². The van der Waals surface area contributed by atoms with Crippen molar-refractivity contribution in [3.05, 3.63) is 29.8 Å². The van der Waals surface area contributed by atoms with E-state index in [9.17, 15) is 4.79 Å². The van der Waals surface area contributed by atoms with Gasteiger partial charge in [0.05, 0.1) is 0 Å². The van der Waals surface area contributed by atoms with Crippen LogP contribution in [-0.4, -0.2) is 25.5 Å². The first kappa shape index (κ1) is 26.5. The number of nitrogens with one attached hydrogen (secondary N) is 2. The number of nitrogens with zero attached hydrogens (tertiary/aromatic N) is 1. The first-order chi connectivity index (χ1) is 14.3. The molecule has 30 heavy (non-hydrogen) atoms. The third-order valence-corrected chi connectivity index (χ3v) is 6.21. The van der Waals surface area contributed by atoms with E-state index >= 15 is 0 Å². The van der Waals surface area contributed by atoms with Gasteiger partial charge in [-0.25, -0.2) is 5.43 Å². The minimum Gasteiger partial charge on any atom is -0.378 e. The molecule has 1 unspecified atom stereocenters. The zero-order valence-corrected chi connectivity index (χ0v) is 20.5. The third-order valence-electron chi connectivity index (χ3n) is 6.21. The Morgan fingerprint density at radius 3 is 1.97 bits per heavy atom. The zero-order valence-electron chi connectivity index (χ0n) is 20.5. The summed E-state index contributed by atoms with van der Waals surface area (Å²) in [6, 6.07) is 7.71. The van der Waals surface area contributed by atoms with Gasteiger partial charge in [0.2, 0.25) is 0 Å². The number of hydrazine groups is 1. The molecule has 172 valence electrons. The lowest BCUT2D eigenvalue weighted by atomic mass is 9.81. The Morgan fingerprint density at radius 2 is 1.43 bits per heavy atom. The van der Waals surface area contributed by atoms with Gasteiger partial charge in [-0.3, -0.25) is 10.2 Å². The molecule has 0 bridgehead atoms. The highest BCUT2D eigenvalue weighted by atomic mass is 16.2. The lowest BCUT2D eigenvalue weighted by molar-refractivity contribution is 0.0883. The number of hydrogen-bond donors (Lipinski definition) is 2. The van der Waals surface area contributed by atoms with Crippen molar-refractivity contribution in [1.29, 1.82) is 0 Å². The molecule has 0 aromatic heterocycles. The average molecular weight is 418 g/mol. The number of benzene rings is 1. The second kappa shape index (κ2) is 14.5. The molecule has 0 saturated heterocycles. The molecule has 0 radical (unpaired) electrons. The molecule has 2 N–H and O–H groups in total. The Kier molecular flexibility index (Phi) is 12.8. The van der Waals surface area contributed by atoms with Gasteiger partial charge < -0.3 is 4.90 Å². The largest absolute Gasteiger partial charge is 0.378 e. The Bertz CT molecular complexity index is 580. The van der Waals surface area contributed by atoms with E-state index in [1.807, 2.05) is 43.3 Å². The number of anilines is 1. The minimum atomic E-state index is -0.129. The molecule has 0 aliphatic carbocycles. The highest BCUT2D eigenvalue weighted by Crippen LogP contribution is 2.27. The fraction of sp³-hybridized carbons (Fsp3) is 0.731. The molecular weight excluding hydrogens is 370 g/mol. The topological polar surface area (TPSA) is 44.4 Å². The standard InChI is InChI=1S/C26H47N3O/c1-7-9-10-11-12-13-14-15-17-23(16-8-2)26(3,4)28-27-25(30)22-18-20-24(21-19-22)29(5)6/h18-21,23,28H,7-17H2,1-6H3,(H,27,30). The SMILES string of the molecule is CCCCCCCCCCC(CCC)C(C)(C)NNC(=O)c1ccc(N(C)C)cc1. The van der Waals surface area contributed by atoms with Gasteiger partial charge in [0.15, 0.2) is 0 Å². The summed E-state index contributed by atoms with van der Waals surface area (Å²) in [4.78, 5) is 14.6. The normalized spacial score (nSPS) is 12.6. The number of hydrogen-bond acceptors (Lipinski definition) is 3. The average Bonchev–Trinajstić information content (AvgIpc) is 2.73. The van der Waals surface area contributed by atoms with Gasteiger partial charge in [-0.05, 0) is 56.9 Å². The van der Waals surface area contributed by atoms with E-state index in [0.29, 0.717) is 11.5 Å². The summed E-state index contributed by atoms with van der Waals surface area (Å²) >= 11 is 0. The first-order valence-electron chi connectivity index (χ1n) is 12.2. The van der Waals surface area contributed by atoms with Crippen molar-refractivity contribution in [2.75, 3.05) is 19.0 Å². The molecule has 1 rings (SSSR count). The quantitative estimate of drug-likeness (QED) is 0.232. The van der Waals surface area contributed by atoms with Gasteiger partial charge in [0.1, 0.15) is 0 Å². The monoisotopic (exact) mass is 417 g/mol. The molecule has 0 heterocycles. The van der Waals surface area contributed by atoms with Crippen molar-refractivity contribution in [1.82, 2.24) is 10.9 Å². The van der Waals surface area contributed by atoms with Crippen LogP contribution in [0.3, 0.4) is 0 Å². The molecule has 1 aromatic rings.